The van der Waals surface area contributed by atoms with Crippen LogP contribution >= 0.6 is 0 Å². The van der Waals surface area contributed by atoms with Crippen molar-refractivity contribution in [2.75, 3.05) is 6.61 Å². The lowest BCUT2D eigenvalue weighted by atomic mass is 9.58. The molecule has 1 aliphatic heterocycles. The molecule has 1 aliphatic carbocycles. The Bertz CT molecular complexity index is 411. The van der Waals surface area contributed by atoms with Crippen molar-refractivity contribution in [2.24, 2.45) is 5.92 Å². The van der Waals surface area contributed by atoms with Gasteiger partial charge in [0.25, 0.3) is 0 Å². The van der Waals surface area contributed by atoms with Gasteiger partial charge >= 0.3 is 0 Å². The van der Waals surface area contributed by atoms with Gasteiger partial charge in [0.2, 0.25) is 0 Å². The topological polar surface area (TPSA) is 12.5 Å². The molecule has 0 spiro atoms. The average molecular weight is 216 g/mol. The number of benzene rings is 1. The van der Waals surface area contributed by atoms with E-state index in [1.165, 1.54) is 24.0 Å². The summed E-state index contributed by atoms with van der Waals surface area (Å²) in [6, 6.07) is 6.85. The SMILES string of the molecule is Cc1ccc(C)c(C2(C)CC([C@H]3CO3)C2)c1. The molecule has 1 heteroatoms. The van der Waals surface area contributed by atoms with Crippen LogP contribution in [0.5, 0.6) is 0 Å². The summed E-state index contributed by atoms with van der Waals surface area (Å²) < 4.78 is 5.40. The van der Waals surface area contributed by atoms with Crippen molar-refractivity contribution < 1.29 is 4.74 Å². The van der Waals surface area contributed by atoms with E-state index in [0.717, 1.165) is 12.5 Å². The normalized spacial score (nSPS) is 36.9. The van der Waals surface area contributed by atoms with E-state index < -0.39 is 0 Å². The molecule has 1 saturated heterocycles. The van der Waals surface area contributed by atoms with Crippen LogP contribution in [0.1, 0.15) is 36.5 Å². The lowest BCUT2D eigenvalue weighted by Crippen LogP contribution is -2.41. The van der Waals surface area contributed by atoms with E-state index in [2.05, 4.69) is 39.0 Å². The minimum Gasteiger partial charge on any atom is -0.373 e. The Hall–Kier alpha value is -0.820. The van der Waals surface area contributed by atoms with E-state index in [0.29, 0.717) is 11.5 Å². The van der Waals surface area contributed by atoms with E-state index >= 15 is 0 Å². The van der Waals surface area contributed by atoms with E-state index in [-0.39, 0.29) is 0 Å². The molecule has 1 aromatic carbocycles. The first-order valence-electron chi connectivity index (χ1n) is 6.28. The van der Waals surface area contributed by atoms with Gasteiger partial charge in [-0.25, -0.2) is 0 Å². The number of hydrogen-bond acceptors (Lipinski definition) is 1. The van der Waals surface area contributed by atoms with Crippen molar-refractivity contribution in [3.05, 3.63) is 34.9 Å². The van der Waals surface area contributed by atoms with E-state index in [1.54, 1.807) is 5.56 Å². The quantitative estimate of drug-likeness (QED) is 0.690. The number of epoxide rings is 1. The highest BCUT2D eigenvalue weighted by Gasteiger charge is 2.49. The third-order valence-electron chi connectivity index (χ3n) is 4.35. The standard InChI is InChI=1S/C15H20O/c1-10-4-5-11(2)13(6-10)15(3)7-12(8-15)14-9-16-14/h4-6,12,14H,7-9H2,1-3H3/t12?,14-,15?/m1/s1. The van der Waals surface area contributed by atoms with Crippen molar-refractivity contribution in [1.29, 1.82) is 0 Å². The van der Waals surface area contributed by atoms with Crippen molar-refractivity contribution in [3.63, 3.8) is 0 Å². The molecule has 1 atom stereocenters. The lowest BCUT2D eigenvalue weighted by Gasteiger charge is -2.46. The molecule has 3 rings (SSSR count). The van der Waals surface area contributed by atoms with Gasteiger partial charge in [0.1, 0.15) is 0 Å². The monoisotopic (exact) mass is 216 g/mol. The van der Waals surface area contributed by atoms with Crippen LogP contribution in [0, 0.1) is 19.8 Å². The van der Waals surface area contributed by atoms with Gasteiger partial charge in [-0.15, -0.1) is 0 Å². The third-order valence-corrected chi connectivity index (χ3v) is 4.35. The average Bonchev–Trinajstić information content (AvgIpc) is 3.00. The predicted octanol–water partition coefficient (Wildman–Crippen LogP) is 3.37. The molecule has 0 amide bonds. The van der Waals surface area contributed by atoms with Crippen molar-refractivity contribution in [3.8, 4) is 0 Å². The highest BCUT2D eigenvalue weighted by Crippen LogP contribution is 2.52. The summed E-state index contributed by atoms with van der Waals surface area (Å²) in [5.41, 5.74) is 4.80. The Kier molecular flexibility index (Phi) is 2.16. The summed E-state index contributed by atoms with van der Waals surface area (Å²) in [5, 5.41) is 0. The Morgan fingerprint density at radius 2 is 1.94 bits per heavy atom. The molecule has 0 N–H and O–H groups in total. The lowest BCUT2D eigenvalue weighted by molar-refractivity contribution is 0.124. The molecule has 0 bridgehead atoms. The Labute approximate surface area is 97.8 Å². The first-order chi connectivity index (χ1) is 7.58. The molecule has 0 unspecified atom stereocenters. The summed E-state index contributed by atoms with van der Waals surface area (Å²) in [5.74, 6) is 0.824. The Morgan fingerprint density at radius 1 is 1.25 bits per heavy atom. The molecular formula is C15H20O. The van der Waals surface area contributed by atoms with Crippen LogP contribution in [0.3, 0.4) is 0 Å². The highest BCUT2D eigenvalue weighted by molar-refractivity contribution is 5.38. The molecule has 1 heterocycles. The summed E-state index contributed by atoms with van der Waals surface area (Å²) in [4.78, 5) is 0. The predicted molar refractivity (Wildman–Crippen MR) is 65.7 cm³/mol. The molecule has 1 saturated carbocycles. The van der Waals surface area contributed by atoms with Gasteiger partial charge in [0, 0.05) is 0 Å². The van der Waals surface area contributed by atoms with Crippen LogP contribution in [-0.2, 0) is 10.2 Å². The second kappa shape index (κ2) is 3.33. The minimum atomic E-state index is 0.409. The van der Waals surface area contributed by atoms with E-state index in [1.807, 2.05) is 0 Å². The molecule has 0 radical (unpaired) electrons. The fraction of sp³-hybridized carbons (Fsp3) is 0.600. The van der Waals surface area contributed by atoms with Crippen molar-refractivity contribution in [1.82, 2.24) is 0 Å². The van der Waals surface area contributed by atoms with Gasteiger partial charge in [-0.1, -0.05) is 30.7 Å². The summed E-state index contributed by atoms with van der Waals surface area (Å²) >= 11 is 0. The number of aryl methyl sites for hydroxylation is 2. The van der Waals surface area contributed by atoms with Crippen LogP contribution in [-0.4, -0.2) is 12.7 Å². The van der Waals surface area contributed by atoms with Crippen molar-refractivity contribution >= 4 is 0 Å². The second-order valence-electron chi connectivity index (χ2n) is 5.92. The largest absolute Gasteiger partial charge is 0.373 e. The molecule has 1 aromatic rings. The van der Waals surface area contributed by atoms with Gasteiger partial charge in [-0.2, -0.15) is 0 Å². The molecule has 2 aliphatic rings. The zero-order valence-corrected chi connectivity index (χ0v) is 10.4. The minimum absolute atomic E-state index is 0.409. The second-order valence-corrected chi connectivity index (χ2v) is 5.92. The van der Waals surface area contributed by atoms with Gasteiger partial charge in [-0.3, -0.25) is 0 Å². The number of rotatable bonds is 2. The zero-order valence-electron chi connectivity index (χ0n) is 10.4. The summed E-state index contributed by atoms with van der Waals surface area (Å²) in [6.45, 7) is 7.84. The van der Waals surface area contributed by atoms with Crippen LogP contribution in [0.2, 0.25) is 0 Å². The van der Waals surface area contributed by atoms with Crippen LogP contribution < -0.4 is 0 Å². The first-order valence-corrected chi connectivity index (χ1v) is 6.28. The third kappa shape index (κ3) is 1.58. The van der Waals surface area contributed by atoms with Gasteiger partial charge in [0.15, 0.2) is 0 Å². The van der Waals surface area contributed by atoms with Crippen LogP contribution in [0.4, 0.5) is 0 Å². The number of ether oxygens (including phenoxy) is 1. The molecular weight excluding hydrogens is 196 g/mol. The maximum atomic E-state index is 5.40. The van der Waals surface area contributed by atoms with E-state index in [9.17, 15) is 0 Å². The van der Waals surface area contributed by atoms with Gasteiger partial charge < -0.3 is 4.74 Å². The highest BCUT2D eigenvalue weighted by atomic mass is 16.6. The molecule has 1 nitrogen and oxygen atoms in total. The summed E-state index contributed by atoms with van der Waals surface area (Å²) in [7, 11) is 0. The Balaban J connectivity index is 1.83. The fourth-order valence-electron chi connectivity index (χ4n) is 3.29. The zero-order chi connectivity index (χ0) is 11.3. The van der Waals surface area contributed by atoms with Crippen LogP contribution in [0.25, 0.3) is 0 Å². The smallest absolute Gasteiger partial charge is 0.0838 e. The Morgan fingerprint density at radius 3 is 2.56 bits per heavy atom. The molecule has 2 fully saturated rings. The van der Waals surface area contributed by atoms with Crippen molar-refractivity contribution in [2.45, 2.75) is 45.1 Å². The maximum Gasteiger partial charge on any atom is 0.0838 e. The molecule has 86 valence electrons. The summed E-state index contributed by atoms with van der Waals surface area (Å²) in [6.07, 6.45) is 3.21. The molecule has 0 aromatic heterocycles. The maximum absolute atomic E-state index is 5.40. The van der Waals surface area contributed by atoms with Gasteiger partial charge in [0.05, 0.1) is 12.7 Å². The fourth-order valence-corrected chi connectivity index (χ4v) is 3.29. The molecule has 16 heavy (non-hydrogen) atoms. The first kappa shape index (κ1) is 10.3. The number of hydrogen-bond donors (Lipinski definition) is 0. The van der Waals surface area contributed by atoms with Crippen LogP contribution in [0.15, 0.2) is 18.2 Å². The van der Waals surface area contributed by atoms with E-state index in [4.69, 9.17) is 4.74 Å². The van der Waals surface area contributed by atoms with Gasteiger partial charge in [-0.05, 0) is 49.1 Å².